The van der Waals surface area contributed by atoms with Crippen LogP contribution >= 0.6 is 0 Å². The molecule has 30 heavy (non-hydrogen) atoms. The molecule has 3 aromatic rings. The van der Waals surface area contributed by atoms with Gasteiger partial charge in [-0.15, -0.1) is 0 Å². The topological polar surface area (TPSA) is 88.9 Å². The highest BCUT2D eigenvalue weighted by atomic mass is 32.2. The van der Waals surface area contributed by atoms with E-state index in [1.807, 2.05) is 0 Å². The van der Waals surface area contributed by atoms with Gasteiger partial charge in [0.25, 0.3) is 5.91 Å². The highest BCUT2D eigenvalue weighted by Gasteiger charge is 2.27. The number of ether oxygens (including phenoxy) is 1. The van der Waals surface area contributed by atoms with Gasteiger partial charge < -0.3 is 14.5 Å². The smallest absolute Gasteiger partial charge is 0.255 e. The molecule has 0 atom stereocenters. The Bertz CT molecular complexity index is 1190. The first-order valence-electron chi connectivity index (χ1n) is 8.87. The standard InChI is InChI=1S/C20H20F2N2O5S/c1-23-20(25)18-14-10-17(28-2)15(24(9-8-21)30(3,26)27)11-16(14)29-19(18)12-4-6-13(22)7-5-12/h4-7,10-11H,8-9H2,1-3H3,(H,23,25). The number of anilines is 1. The molecule has 0 aliphatic rings. The van der Waals surface area contributed by atoms with Crippen molar-refractivity contribution in [3.63, 3.8) is 0 Å². The molecule has 1 N–H and O–H groups in total. The molecule has 0 aliphatic heterocycles. The van der Waals surface area contributed by atoms with Gasteiger partial charge in [-0.2, -0.15) is 0 Å². The molecular weight excluding hydrogens is 418 g/mol. The van der Waals surface area contributed by atoms with Crippen molar-refractivity contribution in [2.24, 2.45) is 0 Å². The minimum absolute atomic E-state index is 0.0769. The van der Waals surface area contributed by atoms with Crippen LogP contribution in [0.1, 0.15) is 10.4 Å². The fourth-order valence-corrected chi connectivity index (χ4v) is 4.07. The van der Waals surface area contributed by atoms with Crippen LogP contribution in [-0.4, -0.2) is 48.0 Å². The van der Waals surface area contributed by atoms with Gasteiger partial charge in [-0.3, -0.25) is 9.10 Å². The molecule has 0 radical (unpaired) electrons. The molecule has 0 fully saturated rings. The number of methoxy groups -OCH3 is 1. The Balaban J connectivity index is 2.33. The molecule has 2 aromatic carbocycles. The van der Waals surface area contributed by atoms with E-state index in [-0.39, 0.29) is 28.3 Å². The number of rotatable bonds is 7. The predicted molar refractivity (Wildman–Crippen MR) is 110 cm³/mol. The molecule has 1 amide bonds. The molecule has 0 aliphatic carbocycles. The molecule has 160 valence electrons. The molecular formula is C20H20F2N2O5S. The second-order valence-electron chi connectivity index (χ2n) is 6.44. The van der Waals surface area contributed by atoms with E-state index in [0.717, 1.165) is 10.6 Å². The SMILES string of the molecule is CNC(=O)c1c(-c2ccc(F)cc2)oc2cc(N(CCF)S(C)(=O)=O)c(OC)cc12. The third kappa shape index (κ3) is 3.95. The summed E-state index contributed by atoms with van der Waals surface area (Å²) in [6.07, 6.45) is 0.953. The third-order valence-corrected chi connectivity index (χ3v) is 5.69. The van der Waals surface area contributed by atoms with Gasteiger partial charge in [0.05, 0.1) is 31.2 Å². The highest BCUT2D eigenvalue weighted by Crippen LogP contribution is 2.40. The van der Waals surface area contributed by atoms with Gasteiger partial charge in [0.15, 0.2) is 0 Å². The summed E-state index contributed by atoms with van der Waals surface area (Å²) in [5, 5.41) is 2.89. The zero-order chi connectivity index (χ0) is 22.1. The molecule has 0 saturated heterocycles. The van der Waals surface area contributed by atoms with E-state index in [2.05, 4.69) is 5.32 Å². The summed E-state index contributed by atoms with van der Waals surface area (Å²) in [5.41, 5.74) is 0.903. The van der Waals surface area contributed by atoms with Crippen LogP contribution in [0.3, 0.4) is 0 Å². The number of fused-ring (bicyclic) bond motifs is 1. The first kappa shape index (κ1) is 21.6. The number of furan rings is 1. The van der Waals surface area contributed by atoms with Crippen LogP contribution in [0.5, 0.6) is 5.75 Å². The Labute approximate surface area is 172 Å². The lowest BCUT2D eigenvalue weighted by Gasteiger charge is -2.23. The van der Waals surface area contributed by atoms with E-state index < -0.39 is 35.0 Å². The van der Waals surface area contributed by atoms with Gasteiger partial charge in [0.1, 0.15) is 29.6 Å². The van der Waals surface area contributed by atoms with Crippen LogP contribution in [-0.2, 0) is 10.0 Å². The van der Waals surface area contributed by atoms with Crippen molar-refractivity contribution in [1.82, 2.24) is 5.32 Å². The first-order chi connectivity index (χ1) is 14.2. The van der Waals surface area contributed by atoms with Crippen molar-refractivity contribution in [1.29, 1.82) is 0 Å². The van der Waals surface area contributed by atoms with E-state index in [1.54, 1.807) is 0 Å². The number of nitrogens with one attached hydrogen (secondary N) is 1. The summed E-state index contributed by atoms with van der Waals surface area (Å²) in [4.78, 5) is 12.6. The molecule has 3 rings (SSSR count). The van der Waals surface area contributed by atoms with E-state index in [1.165, 1.54) is 50.6 Å². The van der Waals surface area contributed by atoms with E-state index in [9.17, 15) is 22.0 Å². The number of alkyl halides is 1. The van der Waals surface area contributed by atoms with Crippen molar-refractivity contribution in [3.05, 3.63) is 47.8 Å². The average Bonchev–Trinajstić information content (AvgIpc) is 3.08. The van der Waals surface area contributed by atoms with Gasteiger partial charge in [-0.05, 0) is 30.3 Å². The monoisotopic (exact) mass is 438 g/mol. The molecule has 10 heteroatoms. The van der Waals surface area contributed by atoms with Crippen LogP contribution in [0.4, 0.5) is 14.5 Å². The maximum Gasteiger partial charge on any atom is 0.255 e. The summed E-state index contributed by atoms with van der Waals surface area (Å²) in [6, 6.07) is 8.23. The summed E-state index contributed by atoms with van der Waals surface area (Å²) in [7, 11) is -1.03. The summed E-state index contributed by atoms with van der Waals surface area (Å²) in [6.45, 7) is -1.31. The quantitative estimate of drug-likeness (QED) is 0.611. The average molecular weight is 438 g/mol. The van der Waals surface area contributed by atoms with E-state index in [4.69, 9.17) is 9.15 Å². The number of halogens is 2. The molecule has 7 nitrogen and oxygen atoms in total. The predicted octanol–water partition coefficient (Wildman–Crippen LogP) is 3.34. The van der Waals surface area contributed by atoms with Crippen LogP contribution in [0, 0.1) is 5.82 Å². The number of nitrogens with zero attached hydrogens (tertiary/aromatic N) is 1. The van der Waals surface area contributed by atoms with Crippen molar-refractivity contribution in [2.75, 3.05) is 37.9 Å². The highest BCUT2D eigenvalue weighted by molar-refractivity contribution is 7.92. The maximum atomic E-state index is 13.3. The van der Waals surface area contributed by atoms with Crippen LogP contribution in [0.15, 0.2) is 40.8 Å². The Hall–Kier alpha value is -3.14. The lowest BCUT2D eigenvalue weighted by molar-refractivity contribution is 0.0964. The normalized spacial score (nSPS) is 11.5. The minimum atomic E-state index is -3.81. The third-order valence-electron chi connectivity index (χ3n) is 4.51. The van der Waals surface area contributed by atoms with Crippen molar-refractivity contribution >= 4 is 32.6 Å². The molecule has 0 spiro atoms. The zero-order valence-electron chi connectivity index (χ0n) is 16.5. The van der Waals surface area contributed by atoms with Crippen molar-refractivity contribution in [3.8, 4) is 17.1 Å². The van der Waals surface area contributed by atoms with E-state index >= 15 is 0 Å². The van der Waals surface area contributed by atoms with Crippen LogP contribution < -0.4 is 14.4 Å². The number of hydrogen-bond acceptors (Lipinski definition) is 5. The second-order valence-corrected chi connectivity index (χ2v) is 8.34. The zero-order valence-corrected chi connectivity index (χ0v) is 17.3. The summed E-state index contributed by atoms with van der Waals surface area (Å²) < 4.78 is 62.8. The Morgan fingerprint density at radius 1 is 1.23 bits per heavy atom. The van der Waals surface area contributed by atoms with Gasteiger partial charge >= 0.3 is 0 Å². The summed E-state index contributed by atoms with van der Waals surface area (Å²) in [5.74, 6) is -0.597. The number of hydrogen-bond donors (Lipinski definition) is 1. The molecule has 0 saturated carbocycles. The number of benzene rings is 2. The van der Waals surface area contributed by atoms with Crippen molar-refractivity contribution < 1.29 is 31.1 Å². The van der Waals surface area contributed by atoms with Crippen LogP contribution in [0.2, 0.25) is 0 Å². The number of amides is 1. The van der Waals surface area contributed by atoms with E-state index in [0.29, 0.717) is 10.9 Å². The maximum absolute atomic E-state index is 13.3. The van der Waals surface area contributed by atoms with Gasteiger partial charge in [-0.25, -0.2) is 17.2 Å². The fourth-order valence-electron chi connectivity index (χ4n) is 3.17. The molecule has 1 aromatic heterocycles. The first-order valence-corrected chi connectivity index (χ1v) is 10.7. The second kappa shape index (κ2) is 8.31. The number of carbonyl (C=O) groups excluding carboxylic acids is 1. The molecule has 0 bridgehead atoms. The van der Waals surface area contributed by atoms with Gasteiger partial charge in [0, 0.05) is 24.1 Å². The number of carbonyl (C=O) groups is 1. The fraction of sp³-hybridized carbons (Fsp3) is 0.250. The molecule has 1 heterocycles. The van der Waals surface area contributed by atoms with Gasteiger partial charge in [-0.1, -0.05) is 0 Å². The van der Waals surface area contributed by atoms with Crippen LogP contribution in [0.25, 0.3) is 22.3 Å². The molecule has 0 unspecified atom stereocenters. The van der Waals surface area contributed by atoms with Crippen molar-refractivity contribution in [2.45, 2.75) is 0 Å². The largest absolute Gasteiger partial charge is 0.495 e. The Morgan fingerprint density at radius 2 is 1.90 bits per heavy atom. The Kier molecular flexibility index (Phi) is 5.97. The Morgan fingerprint density at radius 3 is 2.43 bits per heavy atom. The summed E-state index contributed by atoms with van der Waals surface area (Å²) >= 11 is 0. The lowest BCUT2D eigenvalue weighted by atomic mass is 10.0. The minimum Gasteiger partial charge on any atom is -0.495 e. The van der Waals surface area contributed by atoms with Gasteiger partial charge in [0.2, 0.25) is 10.0 Å². The lowest BCUT2D eigenvalue weighted by Crippen LogP contribution is -2.32. The number of sulfonamides is 1.